The third-order valence-electron chi connectivity index (χ3n) is 2.47. The second-order valence-corrected chi connectivity index (χ2v) is 3.89. The molecule has 0 aliphatic carbocycles. The number of aromatic amines is 1. The molecule has 0 aliphatic heterocycles. The van der Waals surface area contributed by atoms with E-state index in [1.54, 1.807) is 23.9 Å². The first-order valence-corrected chi connectivity index (χ1v) is 5.46. The fraction of sp³-hybridized carbons (Fsp3) is 0.364. The van der Waals surface area contributed by atoms with Gasteiger partial charge in [-0.2, -0.15) is 10.2 Å². The van der Waals surface area contributed by atoms with Crippen LogP contribution in [0.5, 0.6) is 0 Å². The molecule has 0 atom stereocenters. The Hall–Kier alpha value is -2.11. The normalized spacial score (nSPS) is 10.5. The number of aromatic nitrogens is 4. The lowest BCUT2D eigenvalue weighted by atomic mass is 10.3. The predicted octanol–water partition coefficient (Wildman–Crippen LogP) is 1.27. The third kappa shape index (κ3) is 2.35. The molecule has 2 N–H and O–H groups in total. The second-order valence-electron chi connectivity index (χ2n) is 3.89. The van der Waals surface area contributed by atoms with E-state index in [0.29, 0.717) is 11.5 Å². The van der Waals surface area contributed by atoms with Crippen LogP contribution in [0.3, 0.4) is 0 Å². The monoisotopic (exact) mass is 233 g/mol. The first-order chi connectivity index (χ1) is 8.10. The summed E-state index contributed by atoms with van der Waals surface area (Å²) in [7, 11) is 1.75. The SMILES string of the molecule is CCc1cc(C(=O)Nc2cc(C)[nH]n2)n(C)n1. The van der Waals surface area contributed by atoms with Gasteiger partial charge in [-0.05, 0) is 19.4 Å². The standard InChI is InChI=1S/C11H15N5O/c1-4-8-6-9(16(3)15-8)11(17)12-10-5-7(2)13-14-10/h5-6H,4H2,1-3H3,(H2,12,13,14,17). The molecular formula is C11H15N5O. The largest absolute Gasteiger partial charge is 0.304 e. The first kappa shape index (κ1) is 11.4. The molecule has 0 aromatic carbocycles. The van der Waals surface area contributed by atoms with Crippen molar-refractivity contribution in [2.45, 2.75) is 20.3 Å². The van der Waals surface area contributed by atoms with Gasteiger partial charge >= 0.3 is 0 Å². The molecule has 1 amide bonds. The molecular weight excluding hydrogens is 218 g/mol. The van der Waals surface area contributed by atoms with E-state index in [2.05, 4.69) is 20.6 Å². The highest BCUT2D eigenvalue weighted by Gasteiger charge is 2.13. The van der Waals surface area contributed by atoms with E-state index in [1.807, 2.05) is 13.8 Å². The quantitative estimate of drug-likeness (QED) is 0.838. The van der Waals surface area contributed by atoms with Gasteiger partial charge in [-0.15, -0.1) is 0 Å². The second kappa shape index (κ2) is 4.40. The minimum Gasteiger partial charge on any atom is -0.304 e. The van der Waals surface area contributed by atoms with Crippen molar-refractivity contribution in [3.63, 3.8) is 0 Å². The molecule has 6 heteroatoms. The summed E-state index contributed by atoms with van der Waals surface area (Å²) in [5.41, 5.74) is 2.33. The molecule has 2 rings (SSSR count). The zero-order chi connectivity index (χ0) is 12.4. The van der Waals surface area contributed by atoms with Crippen LogP contribution < -0.4 is 5.32 Å². The van der Waals surface area contributed by atoms with Crippen molar-refractivity contribution in [2.75, 3.05) is 5.32 Å². The Morgan fingerprint density at radius 1 is 1.53 bits per heavy atom. The highest BCUT2D eigenvalue weighted by molar-refractivity contribution is 6.02. The lowest BCUT2D eigenvalue weighted by molar-refractivity contribution is 0.101. The smallest absolute Gasteiger partial charge is 0.275 e. The molecule has 0 bridgehead atoms. The number of anilines is 1. The van der Waals surface area contributed by atoms with Crippen LogP contribution in [0.25, 0.3) is 0 Å². The number of hydrogen-bond acceptors (Lipinski definition) is 3. The van der Waals surface area contributed by atoms with E-state index in [-0.39, 0.29) is 5.91 Å². The molecule has 2 aromatic rings. The Morgan fingerprint density at radius 3 is 2.82 bits per heavy atom. The number of aryl methyl sites for hydroxylation is 3. The van der Waals surface area contributed by atoms with Gasteiger partial charge in [0.25, 0.3) is 5.91 Å². The van der Waals surface area contributed by atoms with Crippen molar-refractivity contribution in [3.8, 4) is 0 Å². The van der Waals surface area contributed by atoms with Gasteiger partial charge in [0.15, 0.2) is 5.82 Å². The summed E-state index contributed by atoms with van der Waals surface area (Å²) in [5.74, 6) is 0.318. The maximum absolute atomic E-state index is 11.9. The van der Waals surface area contributed by atoms with Gasteiger partial charge < -0.3 is 5.32 Å². The maximum atomic E-state index is 11.9. The lowest BCUT2D eigenvalue weighted by Gasteiger charge is -2.00. The fourth-order valence-corrected chi connectivity index (χ4v) is 1.57. The van der Waals surface area contributed by atoms with Crippen molar-refractivity contribution in [3.05, 3.63) is 29.2 Å². The molecule has 90 valence electrons. The molecule has 17 heavy (non-hydrogen) atoms. The van der Waals surface area contributed by atoms with Crippen molar-refractivity contribution >= 4 is 11.7 Å². The molecule has 0 spiro atoms. The summed E-state index contributed by atoms with van der Waals surface area (Å²) in [5, 5.41) is 13.7. The molecule has 2 heterocycles. The van der Waals surface area contributed by atoms with Crippen molar-refractivity contribution in [2.24, 2.45) is 7.05 Å². The molecule has 0 saturated heterocycles. The highest BCUT2D eigenvalue weighted by Crippen LogP contribution is 2.09. The van der Waals surface area contributed by atoms with Crippen LogP contribution >= 0.6 is 0 Å². The number of nitrogens with zero attached hydrogens (tertiary/aromatic N) is 3. The molecule has 2 aromatic heterocycles. The third-order valence-corrected chi connectivity index (χ3v) is 2.47. The molecule has 0 saturated carbocycles. The van der Waals surface area contributed by atoms with Crippen LogP contribution in [0.15, 0.2) is 12.1 Å². The zero-order valence-electron chi connectivity index (χ0n) is 10.1. The number of nitrogens with one attached hydrogen (secondary N) is 2. The van der Waals surface area contributed by atoms with Crippen molar-refractivity contribution in [1.82, 2.24) is 20.0 Å². The van der Waals surface area contributed by atoms with Crippen LogP contribution in [0, 0.1) is 6.92 Å². The predicted molar refractivity (Wildman–Crippen MR) is 63.9 cm³/mol. The van der Waals surface area contributed by atoms with Gasteiger partial charge in [0.1, 0.15) is 5.69 Å². The molecule has 0 radical (unpaired) electrons. The molecule has 6 nitrogen and oxygen atoms in total. The van der Waals surface area contributed by atoms with E-state index in [4.69, 9.17) is 0 Å². The van der Waals surface area contributed by atoms with E-state index in [0.717, 1.165) is 17.8 Å². The summed E-state index contributed by atoms with van der Waals surface area (Å²) in [6.45, 7) is 3.88. The number of rotatable bonds is 3. The van der Waals surface area contributed by atoms with Crippen molar-refractivity contribution in [1.29, 1.82) is 0 Å². The number of carbonyl (C=O) groups excluding carboxylic acids is 1. The summed E-state index contributed by atoms with van der Waals surface area (Å²) in [6.07, 6.45) is 0.808. The van der Waals surface area contributed by atoms with Crippen LogP contribution in [-0.2, 0) is 13.5 Å². The molecule has 0 unspecified atom stereocenters. The van der Waals surface area contributed by atoms with Crippen LogP contribution in [0.1, 0.15) is 28.8 Å². The van der Waals surface area contributed by atoms with Crippen LogP contribution in [0.4, 0.5) is 5.82 Å². The van der Waals surface area contributed by atoms with Gasteiger partial charge in [0.05, 0.1) is 5.69 Å². The molecule has 0 fully saturated rings. The Labute approximate surface area is 99.0 Å². The Balaban J connectivity index is 2.16. The van der Waals surface area contributed by atoms with Crippen LogP contribution in [0.2, 0.25) is 0 Å². The number of H-pyrrole nitrogens is 1. The van der Waals surface area contributed by atoms with E-state index >= 15 is 0 Å². The maximum Gasteiger partial charge on any atom is 0.275 e. The number of amides is 1. The number of hydrogen-bond donors (Lipinski definition) is 2. The topological polar surface area (TPSA) is 75.6 Å². The average molecular weight is 233 g/mol. The van der Waals surface area contributed by atoms with Gasteiger partial charge in [0, 0.05) is 18.8 Å². The van der Waals surface area contributed by atoms with E-state index in [1.165, 1.54) is 0 Å². The fourth-order valence-electron chi connectivity index (χ4n) is 1.57. The average Bonchev–Trinajstić information content (AvgIpc) is 2.85. The van der Waals surface area contributed by atoms with Gasteiger partial charge in [-0.1, -0.05) is 6.92 Å². The minimum atomic E-state index is -0.203. The van der Waals surface area contributed by atoms with Gasteiger partial charge in [-0.3, -0.25) is 14.6 Å². The van der Waals surface area contributed by atoms with Crippen molar-refractivity contribution < 1.29 is 4.79 Å². The zero-order valence-corrected chi connectivity index (χ0v) is 10.1. The Kier molecular flexibility index (Phi) is 2.95. The summed E-state index contributed by atoms with van der Waals surface area (Å²) in [6, 6.07) is 3.56. The summed E-state index contributed by atoms with van der Waals surface area (Å²) in [4.78, 5) is 11.9. The first-order valence-electron chi connectivity index (χ1n) is 5.46. The highest BCUT2D eigenvalue weighted by atomic mass is 16.2. The lowest BCUT2D eigenvalue weighted by Crippen LogP contribution is -2.16. The van der Waals surface area contributed by atoms with E-state index < -0.39 is 0 Å². The summed E-state index contributed by atoms with van der Waals surface area (Å²) >= 11 is 0. The van der Waals surface area contributed by atoms with Gasteiger partial charge in [0.2, 0.25) is 0 Å². The van der Waals surface area contributed by atoms with E-state index in [9.17, 15) is 4.79 Å². The Bertz CT molecular complexity index is 540. The Morgan fingerprint density at radius 2 is 2.29 bits per heavy atom. The van der Waals surface area contributed by atoms with Crippen LogP contribution in [-0.4, -0.2) is 25.9 Å². The summed E-state index contributed by atoms with van der Waals surface area (Å²) < 4.78 is 1.58. The van der Waals surface area contributed by atoms with Gasteiger partial charge in [-0.25, -0.2) is 0 Å². The minimum absolute atomic E-state index is 0.203. The molecule has 0 aliphatic rings. The number of carbonyl (C=O) groups is 1.